The predicted octanol–water partition coefficient (Wildman–Crippen LogP) is 3.33. The van der Waals surface area contributed by atoms with Gasteiger partial charge in [0.2, 0.25) is 6.79 Å². The van der Waals surface area contributed by atoms with E-state index in [9.17, 15) is 4.79 Å². The minimum Gasteiger partial charge on any atom is -0.454 e. The molecule has 3 rings (SSSR count). The van der Waals surface area contributed by atoms with Crippen LogP contribution < -0.4 is 14.8 Å². The van der Waals surface area contributed by atoms with E-state index in [1.165, 1.54) is 32.1 Å². The molecule has 0 radical (unpaired) electrons. The highest BCUT2D eigenvalue weighted by molar-refractivity contribution is 6.00. The van der Waals surface area contributed by atoms with Crippen molar-refractivity contribution in [3.63, 3.8) is 0 Å². The maximum atomic E-state index is 12.5. The molecular weight excluding hydrogens is 290 g/mol. The molecule has 1 unspecified atom stereocenters. The van der Waals surface area contributed by atoms with Gasteiger partial charge < -0.3 is 14.8 Å². The molecule has 1 aromatic carbocycles. The number of halogens is 1. The highest BCUT2D eigenvalue weighted by Gasteiger charge is 2.22. The Morgan fingerprint density at radius 3 is 2.67 bits per heavy atom. The summed E-state index contributed by atoms with van der Waals surface area (Å²) in [7, 11) is 0. The maximum Gasteiger partial charge on any atom is 0.231 e. The lowest BCUT2D eigenvalue weighted by atomic mass is 9.94. The van der Waals surface area contributed by atoms with Crippen molar-refractivity contribution in [3.8, 4) is 11.5 Å². The SMILES string of the molecule is CC(NC1CCCCC1)C(=O)c1ccc2c(c1)OCO2.Cl. The Bertz CT molecular complexity index is 500. The largest absolute Gasteiger partial charge is 0.454 e. The van der Waals surface area contributed by atoms with Crippen molar-refractivity contribution in [2.24, 2.45) is 0 Å². The minimum atomic E-state index is -0.154. The van der Waals surface area contributed by atoms with Crippen molar-refractivity contribution in [1.82, 2.24) is 5.32 Å². The van der Waals surface area contributed by atoms with Gasteiger partial charge in [0.05, 0.1) is 6.04 Å². The lowest BCUT2D eigenvalue weighted by molar-refractivity contribution is 0.0940. The van der Waals surface area contributed by atoms with Crippen molar-refractivity contribution in [2.45, 2.75) is 51.1 Å². The smallest absolute Gasteiger partial charge is 0.231 e. The van der Waals surface area contributed by atoms with E-state index in [1.54, 1.807) is 6.07 Å². The Morgan fingerprint density at radius 1 is 1.19 bits per heavy atom. The van der Waals surface area contributed by atoms with Gasteiger partial charge in [-0.05, 0) is 38.0 Å². The minimum absolute atomic E-state index is 0. The van der Waals surface area contributed by atoms with E-state index in [0.717, 1.165) is 5.75 Å². The molecule has 1 atom stereocenters. The Hall–Kier alpha value is -1.26. The standard InChI is InChI=1S/C16H21NO3.ClH/c1-11(17-13-5-3-2-4-6-13)16(18)12-7-8-14-15(9-12)20-10-19-14;/h7-9,11,13,17H,2-6,10H2,1H3;1H. The molecular formula is C16H22ClNO3. The van der Waals surface area contributed by atoms with Crippen LogP contribution in [0.5, 0.6) is 11.5 Å². The summed E-state index contributed by atoms with van der Waals surface area (Å²) in [5.41, 5.74) is 0.685. The van der Waals surface area contributed by atoms with Gasteiger partial charge in [-0.3, -0.25) is 4.79 Å². The molecule has 1 fully saturated rings. The Labute approximate surface area is 131 Å². The Morgan fingerprint density at radius 2 is 1.90 bits per heavy atom. The first-order chi connectivity index (χ1) is 9.74. The van der Waals surface area contributed by atoms with Crippen molar-refractivity contribution in [2.75, 3.05) is 6.79 Å². The van der Waals surface area contributed by atoms with Gasteiger partial charge in [0.25, 0.3) is 0 Å². The average molecular weight is 312 g/mol. The van der Waals surface area contributed by atoms with E-state index in [4.69, 9.17) is 9.47 Å². The summed E-state index contributed by atoms with van der Waals surface area (Å²) in [6, 6.07) is 5.73. The first-order valence-corrected chi connectivity index (χ1v) is 7.44. The van der Waals surface area contributed by atoms with Crippen LogP contribution in [0.25, 0.3) is 0 Å². The van der Waals surface area contributed by atoms with E-state index in [2.05, 4.69) is 5.32 Å². The number of rotatable bonds is 4. The number of fused-ring (bicyclic) bond motifs is 1. The normalized spacial score (nSPS) is 18.9. The number of Topliss-reactive ketones (excluding diaryl/α,β-unsaturated/α-hetero) is 1. The zero-order valence-corrected chi connectivity index (χ0v) is 13.1. The molecule has 1 aliphatic heterocycles. The van der Waals surface area contributed by atoms with Crippen LogP contribution in [0.4, 0.5) is 0 Å². The van der Waals surface area contributed by atoms with Crippen LogP contribution >= 0.6 is 12.4 Å². The number of nitrogens with one attached hydrogen (secondary N) is 1. The summed E-state index contributed by atoms with van der Waals surface area (Å²) in [4.78, 5) is 12.5. The van der Waals surface area contributed by atoms with Crippen LogP contribution in [0, 0.1) is 0 Å². The van der Waals surface area contributed by atoms with Gasteiger partial charge in [-0.1, -0.05) is 19.3 Å². The second-order valence-electron chi connectivity index (χ2n) is 5.66. The molecule has 2 aliphatic rings. The van der Waals surface area contributed by atoms with E-state index < -0.39 is 0 Å². The van der Waals surface area contributed by atoms with E-state index in [0.29, 0.717) is 17.4 Å². The van der Waals surface area contributed by atoms with Crippen molar-refractivity contribution in [3.05, 3.63) is 23.8 Å². The molecule has 0 saturated heterocycles. The Balaban J connectivity index is 0.00000161. The van der Waals surface area contributed by atoms with Gasteiger partial charge in [-0.25, -0.2) is 0 Å². The zero-order valence-electron chi connectivity index (χ0n) is 12.3. The van der Waals surface area contributed by atoms with E-state index >= 15 is 0 Å². The predicted molar refractivity (Wildman–Crippen MR) is 83.6 cm³/mol. The molecule has 0 spiro atoms. The second kappa shape index (κ2) is 7.14. The quantitative estimate of drug-likeness (QED) is 0.866. The van der Waals surface area contributed by atoms with Crippen LogP contribution in [0.2, 0.25) is 0 Å². The molecule has 1 saturated carbocycles. The summed E-state index contributed by atoms with van der Waals surface area (Å²) < 4.78 is 10.6. The fourth-order valence-corrected chi connectivity index (χ4v) is 3.00. The number of hydrogen-bond acceptors (Lipinski definition) is 4. The second-order valence-corrected chi connectivity index (χ2v) is 5.66. The van der Waals surface area contributed by atoms with Gasteiger partial charge in [-0.15, -0.1) is 12.4 Å². The molecule has 1 aromatic rings. The number of ketones is 1. The van der Waals surface area contributed by atoms with E-state index in [-0.39, 0.29) is 31.0 Å². The van der Waals surface area contributed by atoms with E-state index in [1.807, 2.05) is 19.1 Å². The fourth-order valence-electron chi connectivity index (χ4n) is 3.00. The number of benzene rings is 1. The summed E-state index contributed by atoms with van der Waals surface area (Å²) in [5.74, 6) is 1.50. The van der Waals surface area contributed by atoms with Gasteiger partial charge in [0.1, 0.15) is 0 Å². The van der Waals surface area contributed by atoms with Crippen LogP contribution in [-0.2, 0) is 0 Å². The van der Waals surface area contributed by atoms with Gasteiger partial charge in [-0.2, -0.15) is 0 Å². The molecule has 1 aliphatic carbocycles. The molecule has 0 amide bonds. The summed E-state index contributed by atoms with van der Waals surface area (Å²) in [6.07, 6.45) is 6.21. The molecule has 4 nitrogen and oxygen atoms in total. The third-order valence-electron chi connectivity index (χ3n) is 4.14. The number of carbonyl (C=O) groups excluding carboxylic acids is 1. The summed E-state index contributed by atoms with van der Waals surface area (Å²) in [6.45, 7) is 2.18. The van der Waals surface area contributed by atoms with Crippen LogP contribution in [0.1, 0.15) is 49.4 Å². The molecule has 21 heavy (non-hydrogen) atoms. The lowest BCUT2D eigenvalue weighted by Crippen LogP contribution is -2.42. The van der Waals surface area contributed by atoms with Gasteiger partial charge in [0.15, 0.2) is 17.3 Å². The maximum absolute atomic E-state index is 12.5. The highest BCUT2D eigenvalue weighted by atomic mass is 35.5. The molecule has 0 bridgehead atoms. The Kier molecular flexibility index (Phi) is 5.48. The summed E-state index contributed by atoms with van der Waals surface area (Å²) in [5, 5.41) is 3.46. The number of hydrogen-bond donors (Lipinski definition) is 1. The van der Waals surface area contributed by atoms with Gasteiger partial charge in [0, 0.05) is 11.6 Å². The first kappa shape index (κ1) is 16.1. The fraction of sp³-hybridized carbons (Fsp3) is 0.562. The third kappa shape index (κ3) is 3.69. The monoisotopic (exact) mass is 311 g/mol. The summed E-state index contributed by atoms with van der Waals surface area (Å²) >= 11 is 0. The highest BCUT2D eigenvalue weighted by Crippen LogP contribution is 2.32. The van der Waals surface area contributed by atoms with Crippen LogP contribution in [0.3, 0.4) is 0 Å². The van der Waals surface area contributed by atoms with Crippen molar-refractivity contribution < 1.29 is 14.3 Å². The average Bonchev–Trinajstić information content (AvgIpc) is 2.94. The molecule has 1 heterocycles. The molecule has 0 aromatic heterocycles. The zero-order chi connectivity index (χ0) is 13.9. The molecule has 5 heteroatoms. The van der Waals surface area contributed by atoms with Crippen molar-refractivity contribution in [1.29, 1.82) is 0 Å². The van der Waals surface area contributed by atoms with Gasteiger partial charge >= 0.3 is 0 Å². The van der Waals surface area contributed by atoms with Crippen molar-refractivity contribution >= 4 is 18.2 Å². The molecule has 1 N–H and O–H groups in total. The van der Waals surface area contributed by atoms with Crippen LogP contribution in [-0.4, -0.2) is 24.7 Å². The topological polar surface area (TPSA) is 47.6 Å². The number of carbonyl (C=O) groups is 1. The third-order valence-corrected chi connectivity index (χ3v) is 4.14. The number of ether oxygens (including phenoxy) is 2. The van der Waals surface area contributed by atoms with Crippen LogP contribution in [0.15, 0.2) is 18.2 Å². The first-order valence-electron chi connectivity index (χ1n) is 7.44. The lowest BCUT2D eigenvalue weighted by Gasteiger charge is -2.26. The molecule has 116 valence electrons.